The van der Waals surface area contributed by atoms with Crippen LogP contribution in [0.1, 0.15) is 40.0 Å². The summed E-state index contributed by atoms with van der Waals surface area (Å²) in [5.74, 6) is 0. The summed E-state index contributed by atoms with van der Waals surface area (Å²) in [6.07, 6.45) is 3.39. The first-order chi connectivity index (χ1) is 7.17. The molecule has 0 fully saturated rings. The van der Waals surface area contributed by atoms with Crippen molar-refractivity contribution in [2.24, 2.45) is 5.73 Å². The lowest BCUT2D eigenvalue weighted by molar-refractivity contribution is 0.0988. The van der Waals surface area contributed by atoms with Gasteiger partial charge in [0.15, 0.2) is 0 Å². The van der Waals surface area contributed by atoms with Gasteiger partial charge in [0, 0.05) is 25.2 Å². The van der Waals surface area contributed by atoms with Crippen molar-refractivity contribution in [1.29, 1.82) is 0 Å². The van der Waals surface area contributed by atoms with Gasteiger partial charge in [-0.25, -0.2) is 0 Å². The van der Waals surface area contributed by atoms with E-state index in [9.17, 15) is 0 Å². The molecule has 0 saturated carbocycles. The highest BCUT2D eigenvalue weighted by Crippen LogP contribution is 2.09. The van der Waals surface area contributed by atoms with Crippen LogP contribution in [0, 0.1) is 0 Å². The van der Waals surface area contributed by atoms with E-state index in [1.165, 1.54) is 0 Å². The molecule has 92 valence electrons. The van der Waals surface area contributed by atoms with Crippen LogP contribution in [0.5, 0.6) is 0 Å². The lowest BCUT2D eigenvalue weighted by atomic mass is 10.0. The predicted molar refractivity (Wildman–Crippen MR) is 66.1 cm³/mol. The van der Waals surface area contributed by atoms with Crippen LogP contribution in [0.2, 0.25) is 0 Å². The SMILES string of the molecule is CCCC(N)C(CC)N(C)CCOCC. The maximum Gasteiger partial charge on any atom is 0.0593 e. The van der Waals surface area contributed by atoms with Gasteiger partial charge < -0.3 is 10.5 Å². The second-order valence-corrected chi connectivity index (χ2v) is 4.11. The molecule has 0 spiro atoms. The highest BCUT2D eigenvalue weighted by atomic mass is 16.5. The summed E-state index contributed by atoms with van der Waals surface area (Å²) in [5, 5.41) is 0. The first kappa shape index (κ1) is 14.9. The zero-order valence-corrected chi connectivity index (χ0v) is 10.8. The number of hydrogen-bond donors (Lipinski definition) is 1. The van der Waals surface area contributed by atoms with E-state index >= 15 is 0 Å². The van der Waals surface area contributed by atoms with Gasteiger partial charge >= 0.3 is 0 Å². The number of hydrogen-bond acceptors (Lipinski definition) is 3. The molecule has 0 aliphatic heterocycles. The molecular weight excluding hydrogens is 188 g/mol. The third-order valence-corrected chi connectivity index (χ3v) is 2.89. The van der Waals surface area contributed by atoms with Gasteiger partial charge in [0.1, 0.15) is 0 Å². The molecule has 0 aromatic heterocycles. The van der Waals surface area contributed by atoms with E-state index in [0.29, 0.717) is 12.1 Å². The molecule has 0 aromatic carbocycles. The Morgan fingerprint density at radius 3 is 2.40 bits per heavy atom. The Morgan fingerprint density at radius 1 is 1.27 bits per heavy atom. The number of rotatable bonds is 9. The molecule has 0 aromatic rings. The van der Waals surface area contributed by atoms with Gasteiger partial charge in [-0.3, -0.25) is 4.90 Å². The van der Waals surface area contributed by atoms with Crippen molar-refractivity contribution in [3.8, 4) is 0 Å². The Labute approximate surface area is 95.0 Å². The third kappa shape index (κ3) is 6.13. The van der Waals surface area contributed by atoms with Gasteiger partial charge in [0.05, 0.1) is 6.61 Å². The number of ether oxygens (including phenoxy) is 1. The van der Waals surface area contributed by atoms with Crippen molar-refractivity contribution < 1.29 is 4.74 Å². The van der Waals surface area contributed by atoms with Crippen LogP contribution >= 0.6 is 0 Å². The molecule has 0 heterocycles. The molecule has 0 amide bonds. The van der Waals surface area contributed by atoms with Crippen molar-refractivity contribution in [1.82, 2.24) is 4.90 Å². The van der Waals surface area contributed by atoms with E-state index in [4.69, 9.17) is 10.5 Å². The smallest absolute Gasteiger partial charge is 0.0593 e. The summed E-state index contributed by atoms with van der Waals surface area (Å²) in [7, 11) is 2.14. The van der Waals surface area contributed by atoms with E-state index in [2.05, 4.69) is 25.8 Å². The lowest BCUT2D eigenvalue weighted by Crippen LogP contribution is -2.46. The van der Waals surface area contributed by atoms with Crippen LogP contribution in [-0.2, 0) is 4.74 Å². The Balaban J connectivity index is 3.91. The topological polar surface area (TPSA) is 38.5 Å². The van der Waals surface area contributed by atoms with Crippen LogP contribution < -0.4 is 5.73 Å². The molecule has 0 saturated heterocycles. The summed E-state index contributed by atoms with van der Waals surface area (Å²) in [4.78, 5) is 2.33. The Kier molecular flexibility index (Phi) is 9.06. The zero-order valence-electron chi connectivity index (χ0n) is 10.8. The van der Waals surface area contributed by atoms with E-state index < -0.39 is 0 Å². The van der Waals surface area contributed by atoms with E-state index in [0.717, 1.165) is 39.0 Å². The van der Waals surface area contributed by atoms with Gasteiger partial charge in [-0.15, -0.1) is 0 Å². The molecular formula is C12H28N2O. The third-order valence-electron chi connectivity index (χ3n) is 2.89. The molecule has 2 atom stereocenters. The molecule has 15 heavy (non-hydrogen) atoms. The van der Waals surface area contributed by atoms with Crippen LogP contribution in [0.4, 0.5) is 0 Å². The van der Waals surface area contributed by atoms with Crippen molar-refractivity contribution in [3.05, 3.63) is 0 Å². The maximum absolute atomic E-state index is 6.16. The first-order valence-corrected chi connectivity index (χ1v) is 6.20. The highest BCUT2D eigenvalue weighted by molar-refractivity contribution is 4.79. The average Bonchev–Trinajstić information content (AvgIpc) is 2.19. The quantitative estimate of drug-likeness (QED) is 0.598. The number of nitrogens with zero attached hydrogens (tertiary/aromatic N) is 1. The van der Waals surface area contributed by atoms with Crippen LogP contribution in [0.15, 0.2) is 0 Å². The van der Waals surface area contributed by atoms with Crippen molar-refractivity contribution in [3.63, 3.8) is 0 Å². The minimum atomic E-state index is 0.298. The first-order valence-electron chi connectivity index (χ1n) is 6.20. The molecule has 0 rings (SSSR count). The zero-order chi connectivity index (χ0) is 11.7. The van der Waals surface area contributed by atoms with Gasteiger partial charge in [0.25, 0.3) is 0 Å². The van der Waals surface area contributed by atoms with E-state index in [1.54, 1.807) is 0 Å². The summed E-state index contributed by atoms with van der Waals surface area (Å²) < 4.78 is 5.36. The van der Waals surface area contributed by atoms with Crippen LogP contribution in [0.25, 0.3) is 0 Å². The summed E-state index contributed by atoms with van der Waals surface area (Å²) in [5.41, 5.74) is 6.16. The summed E-state index contributed by atoms with van der Waals surface area (Å²) in [6, 6.07) is 0.789. The Bertz CT molecular complexity index is 142. The van der Waals surface area contributed by atoms with Crippen LogP contribution in [-0.4, -0.2) is 43.8 Å². The fourth-order valence-corrected chi connectivity index (χ4v) is 1.99. The predicted octanol–water partition coefficient (Wildman–Crippen LogP) is 1.86. The number of likely N-dealkylation sites (N-methyl/N-ethyl adjacent to an activating group) is 1. The monoisotopic (exact) mass is 216 g/mol. The Morgan fingerprint density at radius 2 is 1.93 bits per heavy atom. The minimum absolute atomic E-state index is 0.298. The molecule has 0 aliphatic rings. The second-order valence-electron chi connectivity index (χ2n) is 4.11. The lowest BCUT2D eigenvalue weighted by Gasteiger charge is -2.31. The van der Waals surface area contributed by atoms with Crippen LogP contribution in [0.3, 0.4) is 0 Å². The molecule has 0 aliphatic carbocycles. The van der Waals surface area contributed by atoms with Gasteiger partial charge in [0.2, 0.25) is 0 Å². The van der Waals surface area contributed by atoms with Gasteiger partial charge in [-0.05, 0) is 26.8 Å². The molecule has 2 unspecified atom stereocenters. The number of nitrogens with two attached hydrogens (primary N) is 1. The molecule has 0 bridgehead atoms. The standard InChI is InChI=1S/C12H28N2O/c1-5-8-11(13)12(6-2)14(4)9-10-15-7-3/h11-12H,5-10,13H2,1-4H3. The van der Waals surface area contributed by atoms with Crippen molar-refractivity contribution in [2.45, 2.75) is 52.1 Å². The average molecular weight is 216 g/mol. The van der Waals surface area contributed by atoms with Gasteiger partial charge in [-0.1, -0.05) is 20.3 Å². The van der Waals surface area contributed by atoms with E-state index in [-0.39, 0.29) is 0 Å². The summed E-state index contributed by atoms with van der Waals surface area (Å²) in [6.45, 7) is 9.00. The molecule has 3 heteroatoms. The Hall–Kier alpha value is -0.120. The largest absolute Gasteiger partial charge is 0.380 e. The maximum atomic E-state index is 6.16. The highest BCUT2D eigenvalue weighted by Gasteiger charge is 2.19. The van der Waals surface area contributed by atoms with Crippen molar-refractivity contribution in [2.75, 3.05) is 26.8 Å². The van der Waals surface area contributed by atoms with Gasteiger partial charge in [-0.2, -0.15) is 0 Å². The normalized spacial score (nSPS) is 15.6. The summed E-state index contributed by atoms with van der Waals surface area (Å²) >= 11 is 0. The fraction of sp³-hybridized carbons (Fsp3) is 1.00. The second kappa shape index (κ2) is 9.13. The molecule has 3 nitrogen and oxygen atoms in total. The van der Waals surface area contributed by atoms with E-state index in [1.807, 2.05) is 6.92 Å². The molecule has 0 radical (unpaired) electrons. The minimum Gasteiger partial charge on any atom is -0.380 e. The molecule has 2 N–H and O–H groups in total. The van der Waals surface area contributed by atoms with Crippen molar-refractivity contribution >= 4 is 0 Å². The fourth-order valence-electron chi connectivity index (χ4n) is 1.99.